The van der Waals surface area contributed by atoms with E-state index in [0.717, 1.165) is 11.8 Å². The number of carbonyl (C=O) groups is 2. The molecule has 1 heterocycles. The summed E-state index contributed by atoms with van der Waals surface area (Å²) in [6.07, 6.45) is 0.148. The molecule has 0 saturated carbocycles. The maximum absolute atomic E-state index is 12.3. The molecule has 1 aliphatic rings. The molecular weight excluding hydrogens is 336 g/mol. The van der Waals surface area contributed by atoms with Gasteiger partial charge in [0.2, 0.25) is 0 Å². The lowest BCUT2D eigenvalue weighted by Crippen LogP contribution is -2.15. The first-order valence-electron chi connectivity index (χ1n) is 7.65. The van der Waals surface area contributed by atoms with E-state index in [-0.39, 0.29) is 29.3 Å². The number of allylic oxidation sites excluding steroid dienone is 1. The number of dihydropyridines is 1. The highest BCUT2D eigenvalue weighted by Gasteiger charge is 2.24. The van der Waals surface area contributed by atoms with E-state index in [1.165, 1.54) is 0 Å². The number of aliphatic hydroxyl groups excluding tert-OH is 1. The van der Waals surface area contributed by atoms with Gasteiger partial charge >= 0.3 is 0 Å². The molecule has 3 rings (SSSR count). The summed E-state index contributed by atoms with van der Waals surface area (Å²) in [7, 11) is 0. The average molecular weight is 352 g/mol. The lowest BCUT2D eigenvalue weighted by molar-refractivity contribution is -0.112. The fourth-order valence-corrected chi connectivity index (χ4v) is 3.29. The van der Waals surface area contributed by atoms with Gasteiger partial charge in [0, 0.05) is 11.3 Å². The summed E-state index contributed by atoms with van der Waals surface area (Å²) in [6, 6.07) is 15.6. The second-order valence-electron chi connectivity index (χ2n) is 5.51. The van der Waals surface area contributed by atoms with E-state index in [9.17, 15) is 14.7 Å². The number of hydrogen-bond acceptors (Lipinski definition) is 5. The first-order chi connectivity index (χ1) is 12.0. The van der Waals surface area contributed by atoms with E-state index in [0.29, 0.717) is 21.9 Å². The smallest absolute Gasteiger partial charge is 0.281 e. The largest absolute Gasteiger partial charge is 0.511 e. The van der Waals surface area contributed by atoms with E-state index >= 15 is 0 Å². The number of carbonyl (C=O) groups excluding carboxylic acids is 2. The highest BCUT2D eigenvalue weighted by Crippen LogP contribution is 2.28. The number of ketones is 1. The molecule has 1 aliphatic heterocycles. The fourth-order valence-electron chi connectivity index (χ4n) is 2.44. The van der Waals surface area contributed by atoms with Crippen molar-refractivity contribution in [3.05, 3.63) is 71.5 Å². The second-order valence-corrected chi connectivity index (χ2v) is 6.56. The van der Waals surface area contributed by atoms with Gasteiger partial charge in [0.1, 0.15) is 5.76 Å². The highest BCUT2D eigenvalue weighted by atomic mass is 32.2. The lowest BCUT2D eigenvalue weighted by Gasteiger charge is -2.15. The molecule has 25 heavy (non-hydrogen) atoms. The van der Waals surface area contributed by atoms with Crippen molar-refractivity contribution in [2.24, 2.45) is 4.99 Å². The van der Waals surface area contributed by atoms with Gasteiger partial charge in [-0.05, 0) is 29.8 Å². The molecule has 0 aliphatic carbocycles. The normalized spacial score (nSPS) is 14.4. The monoisotopic (exact) mass is 352 g/mol. The predicted molar refractivity (Wildman–Crippen MR) is 101 cm³/mol. The second kappa shape index (κ2) is 7.36. The van der Waals surface area contributed by atoms with Gasteiger partial charge in [-0.2, -0.15) is 0 Å². The molecule has 3 N–H and O–H groups in total. The zero-order valence-corrected chi connectivity index (χ0v) is 14.1. The molecule has 0 fully saturated rings. The Kier molecular flexibility index (Phi) is 5.00. The first kappa shape index (κ1) is 17.0. The molecule has 0 bridgehead atoms. The van der Waals surface area contributed by atoms with E-state index in [2.05, 4.69) is 4.99 Å². The van der Waals surface area contributed by atoms with Crippen LogP contribution in [0.2, 0.25) is 0 Å². The van der Waals surface area contributed by atoms with Crippen molar-refractivity contribution < 1.29 is 14.7 Å². The number of thioether (sulfide) groups is 1. The highest BCUT2D eigenvalue weighted by molar-refractivity contribution is 8.14. The number of Topliss-reactive ketones (excluding diaryl/α,β-unsaturated/α-hetero) is 1. The maximum atomic E-state index is 12.3. The Hall–Kier alpha value is -2.86. The van der Waals surface area contributed by atoms with Crippen molar-refractivity contribution >= 4 is 39.8 Å². The van der Waals surface area contributed by atoms with Crippen LogP contribution in [0.1, 0.15) is 22.3 Å². The zero-order valence-electron chi connectivity index (χ0n) is 13.3. The summed E-state index contributed by atoms with van der Waals surface area (Å²) < 4.78 is 0. The molecule has 6 heteroatoms. The summed E-state index contributed by atoms with van der Waals surface area (Å²) in [6.45, 7) is 0. The van der Waals surface area contributed by atoms with E-state index < -0.39 is 5.91 Å². The number of nitrogens with zero attached hydrogens (tertiary/aromatic N) is 1. The maximum Gasteiger partial charge on any atom is 0.281 e. The number of aliphatic imine (C=N–C) groups is 1. The number of anilines is 1. The molecule has 0 radical (unpaired) electrons. The average Bonchev–Trinajstić information content (AvgIpc) is 2.61. The molecule has 2 aromatic carbocycles. The molecule has 126 valence electrons. The molecule has 1 amide bonds. The molecule has 0 spiro atoms. The number of rotatable bonds is 4. The van der Waals surface area contributed by atoms with Crippen LogP contribution in [-0.4, -0.2) is 27.6 Å². The topological polar surface area (TPSA) is 92.8 Å². The van der Waals surface area contributed by atoms with Gasteiger partial charge in [0.15, 0.2) is 5.78 Å². The van der Waals surface area contributed by atoms with Gasteiger partial charge < -0.3 is 10.8 Å². The SMILES string of the molecule is Nc1ccc(C(=O)CSC2=NC(=O)C(c3ccccc3)=C(O)C2)cc1. The fraction of sp³-hybridized carbons (Fsp3) is 0.105. The summed E-state index contributed by atoms with van der Waals surface area (Å²) in [5.74, 6) is -0.451. The van der Waals surface area contributed by atoms with Crippen LogP contribution in [0.5, 0.6) is 0 Å². The van der Waals surface area contributed by atoms with Crippen LogP contribution in [0.15, 0.2) is 65.3 Å². The molecule has 0 atom stereocenters. The minimum absolute atomic E-state index is 0.0198. The van der Waals surface area contributed by atoms with Crippen LogP contribution in [0, 0.1) is 0 Å². The van der Waals surface area contributed by atoms with Gasteiger partial charge in [-0.1, -0.05) is 30.3 Å². The Morgan fingerprint density at radius 3 is 2.44 bits per heavy atom. The zero-order chi connectivity index (χ0) is 17.8. The Labute approximate surface area is 149 Å². The van der Waals surface area contributed by atoms with E-state index in [4.69, 9.17) is 5.73 Å². The third kappa shape index (κ3) is 3.97. The Balaban J connectivity index is 1.67. The van der Waals surface area contributed by atoms with Crippen molar-refractivity contribution in [1.82, 2.24) is 0 Å². The number of hydrogen-bond donors (Lipinski definition) is 2. The van der Waals surface area contributed by atoms with Crippen LogP contribution < -0.4 is 5.73 Å². The van der Waals surface area contributed by atoms with E-state index in [1.807, 2.05) is 6.07 Å². The van der Waals surface area contributed by atoms with Gasteiger partial charge in [-0.25, -0.2) is 4.99 Å². The Morgan fingerprint density at radius 2 is 1.80 bits per heavy atom. The molecule has 5 nitrogen and oxygen atoms in total. The molecule has 0 aromatic heterocycles. The van der Waals surface area contributed by atoms with Crippen LogP contribution in [-0.2, 0) is 4.79 Å². The van der Waals surface area contributed by atoms with Crippen molar-refractivity contribution in [1.29, 1.82) is 0 Å². The summed E-state index contributed by atoms with van der Waals surface area (Å²) in [5.41, 5.74) is 7.60. The van der Waals surface area contributed by atoms with Gasteiger partial charge in [0.25, 0.3) is 5.91 Å². The number of nitrogens with two attached hydrogens (primary N) is 1. The van der Waals surface area contributed by atoms with Crippen LogP contribution in [0.3, 0.4) is 0 Å². The van der Waals surface area contributed by atoms with Crippen molar-refractivity contribution in [2.75, 3.05) is 11.5 Å². The van der Waals surface area contributed by atoms with Gasteiger partial charge in [-0.15, -0.1) is 11.8 Å². The van der Waals surface area contributed by atoms with Gasteiger partial charge in [0.05, 0.1) is 22.8 Å². The first-order valence-corrected chi connectivity index (χ1v) is 8.64. The predicted octanol–water partition coefficient (Wildman–Crippen LogP) is 3.48. The lowest BCUT2D eigenvalue weighted by atomic mass is 10.0. The van der Waals surface area contributed by atoms with Crippen LogP contribution >= 0.6 is 11.8 Å². The quantitative estimate of drug-likeness (QED) is 0.649. The number of amides is 1. The summed E-state index contributed by atoms with van der Waals surface area (Å²) >= 11 is 1.16. The number of nitrogen functional groups attached to an aromatic ring is 1. The third-order valence-electron chi connectivity index (χ3n) is 3.71. The molecular formula is C19H16N2O3S. The molecule has 0 unspecified atom stereocenters. The van der Waals surface area contributed by atoms with Crippen molar-refractivity contribution in [3.8, 4) is 0 Å². The summed E-state index contributed by atoms with van der Waals surface area (Å²) in [4.78, 5) is 28.4. The number of benzene rings is 2. The minimum Gasteiger partial charge on any atom is -0.511 e. The third-order valence-corrected chi connectivity index (χ3v) is 4.69. The molecule has 2 aromatic rings. The van der Waals surface area contributed by atoms with Crippen molar-refractivity contribution in [2.45, 2.75) is 6.42 Å². The van der Waals surface area contributed by atoms with Crippen molar-refractivity contribution in [3.63, 3.8) is 0 Å². The van der Waals surface area contributed by atoms with Gasteiger partial charge in [-0.3, -0.25) is 9.59 Å². The summed E-state index contributed by atoms with van der Waals surface area (Å²) in [5, 5.41) is 10.7. The Bertz CT molecular complexity index is 871. The minimum atomic E-state index is -0.489. The number of aliphatic hydroxyl groups is 1. The van der Waals surface area contributed by atoms with Crippen LogP contribution in [0.25, 0.3) is 5.57 Å². The van der Waals surface area contributed by atoms with E-state index in [1.54, 1.807) is 48.5 Å². The molecule has 0 saturated heterocycles. The standard InChI is InChI=1S/C19H16N2O3S/c20-14-8-6-12(7-9-14)16(23)11-25-17-10-15(22)18(19(24)21-17)13-4-2-1-3-5-13/h1-9,22H,10-11,20H2. The Morgan fingerprint density at radius 1 is 1.12 bits per heavy atom. The van der Waals surface area contributed by atoms with Crippen LogP contribution in [0.4, 0.5) is 5.69 Å².